The number of anilines is 1. The molecule has 1 N–H and O–H groups in total. The van der Waals surface area contributed by atoms with E-state index in [1.54, 1.807) is 42.9 Å². The Kier molecular flexibility index (Phi) is 5.64. The van der Waals surface area contributed by atoms with E-state index in [0.717, 1.165) is 18.5 Å². The van der Waals surface area contributed by atoms with Crippen molar-refractivity contribution in [1.82, 2.24) is 29.3 Å². The lowest BCUT2D eigenvalue weighted by atomic mass is 10.1. The Morgan fingerprint density at radius 3 is 2.85 bits per heavy atom. The van der Waals surface area contributed by atoms with Gasteiger partial charge in [0.05, 0.1) is 29.3 Å². The van der Waals surface area contributed by atoms with Crippen molar-refractivity contribution >= 4 is 11.7 Å². The van der Waals surface area contributed by atoms with E-state index >= 15 is 0 Å². The van der Waals surface area contributed by atoms with Crippen molar-refractivity contribution < 1.29 is 13.6 Å². The quantitative estimate of drug-likeness (QED) is 0.431. The third-order valence-corrected chi connectivity index (χ3v) is 5.90. The summed E-state index contributed by atoms with van der Waals surface area (Å²) in [6.07, 6.45) is 7.30. The number of halogens is 2. The number of alkyl halides is 1. The fourth-order valence-corrected chi connectivity index (χ4v) is 3.81. The molecule has 3 aromatic heterocycles. The number of hydrogen-bond donors (Lipinski definition) is 1. The smallest absolute Gasteiger partial charge is 0.259 e. The molecule has 1 aliphatic rings. The van der Waals surface area contributed by atoms with E-state index in [1.165, 1.54) is 18.5 Å². The molecule has 1 amide bonds. The van der Waals surface area contributed by atoms with Crippen LogP contribution in [0.1, 0.15) is 53.3 Å². The highest BCUT2D eigenvalue weighted by Crippen LogP contribution is 2.39. The molecule has 1 aromatic carbocycles. The summed E-state index contributed by atoms with van der Waals surface area (Å²) in [5, 5.41) is 10.5. The second-order valence-corrected chi connectivity index (χ2v) is 8.53. The summed E-state index contributed by atoms with van der Waals surface area (Å²) in [6.45, 7) is 2.90. The SMILES string of the molecule is Cc1cc(F)c(C(=O)Nc2cccc(-c3nncn3[C@@H](C)CF)n2)cc1-n1cnc(C2CC2)c1. The van der Waals surface area contributed by atoms with Crippen molar-refractivity contribution in [3.63, 3.8) is 0 Å². The van der Waals surface area contributed by atoms with E-state index in [9.17, 15) is 13.6 Å². The second-order valence-electron chi connectivity index (χ2n) is 8.53. The fraction of sp³-hybridized carbons (Fsp3) is 0.292. The van der Waals surface area contributed by atoms with Crippen LogP contribution in [0.2, 0.25) is 0 Å². The van der Waals surface area contributed by atoms with Crippen LogP contribution in [0, 0.1) is 12.7 Å². The van der Waals surface area contributed by atoms with E-state index in [0.29, 0.717) is 28.7 Å². The number of imidazole rings is 1. The average molecular weight is 463 g/mol. The number of carbonyl (C=O) groups is 1. The van der Waals surface area contributed by atoms with E-state index in [1.807, 2.05) is 10.8 Å². The number of nitrogens with one attached hydrogen (secondary N) is 1. The second kappa shape index (κ2) is 8.77. The minimum Gasteiger partial charge on any atom is -0.307 e. The van der Waals surface area contributed by atoms with E-state index in [-0.39, 0.29) is 11.4 Å². The molecule has 1 saturated carbocycles. The predicted molar refractivity (Wildman–Crippen MR) is 122 cm³/mol. The molecule has 174 valence electrons. The molecule has 0 saturated heterocycles. The maximum atomic E-state index is 14.8. The van der Waals surface area contributed by atoms with Gasteiger partial charge in [0.2, 0.25) is 0 Å². The zero-order valence-corrected chi connectivity index (χ0v) is 18.7. The van der Waals surface area contributed by atoms with Crippen LogP contribution in [-0.4, -0.2) is 41.9 Å². The monoisotopic (exact) mass is 463 g/mol. The van der Waals surface area contributed by atoms with Gasteiger partial charge < -0.3 is 14.5 Å². The highest BCUT2D eigenvalue weighted by Gasteiger charge is 2.26. The summed E-state index contributed by atoms with van der Waals surface area (Å²) >= 11 is 0. The summed E-state index contributed by atoms with van der Waals surface area (Å²) < 4.78 is 31.3. The van der Waals surface area contributed by atoms with Gasteiger partial charge in [-0.3, -0.25) is 4.79 Å². The topological polar surface area (TPSA) is 90.5 Å². The normalized spacial score (nSPS) is 14.2. The lowest BCUT2D eigenvalue weighted by Gasteiger charge is -2.13. The van der Waals surface area contributed by atoms with Gasteiger partial charge in [0.15, 0.2) is 5.82 Å². The van der Waals surface area contributed by atoms with E-state index in [4.69, 9.17) is 0 Å². The van der Waals surface area contributed by atoms with Crippen LogP contribution in [0.15, 0.2) is 49.2 Å². The molecule has 1 atom stereocenters. The largest absolute Gasteiger partial charge is 0.307 e. The summed E-state index contributed by atoms with van der Waals surface area (Å²) in [6, 6.07) is 7.34. The minimum atomic E-state index is -0.635. The first-order valence-corrected chi connectivity index (χ1v) is 11.0. The van der Waals surface area contributed by atoms with Crippen LogP contribution in [-0.2, 0) is 0 Å². The Morgan fingerprint density at radius 2 is 2.09 bits per heavy atom. The van der Waals surface area contributed by atoms with Crippen LogP contribution in [0.4, 0.5) is 14.6 Å². The lowest BCUT2D eigenvalue weighted by Crippen LogP contribution is -2.16. The molecule has 5 rings (SSSR count). The maximum Gasteiger partial charge on any atom is 0.259 e. The molecule has 10 heteroatoms. The summed E-state index contributed by atoms with van der Waals surface area (Å²) in [5.74, 6) is -0.193. The van der Waals surface area contributed by atoms with Crippen molar-refractivity contribution in [2.24, 2.45) is 0 Å². The van der Waals surface area contributed by atoms with Crippen LogP contribution >= 0.6 is 0 Å². The van der Waals surface area contributed by atoms with Crippen LogP contribution in [0.3, 0.4) is 0 Å². The Morgan fingerprint density at radius 1 is 1.26 bits per heavy atom. The number of pyridine rings is 1. The van der Waals surface area contributed by atoms with Gasteiger partial charge in [0, 0.05) is 12.1 Å². The Hall–Kier alpha value is -3.95. The number of aryl methyl sites for hydroxylation is 1. The number of aromatic nitrogens is 6. The van der Waals surface area contributed by atoms with Crippen molar-refractivity contribution in [3.05, 3.63) is 71.8 Å². The van der Waals surface area contributed by atoms with Gasteiger partial charge in [-0.15, -0.1) is 10.2 Å². The predicted octanol–water partition coefficient (Wildman–Crippen LogP) is 4.63. The van der Waals surface area contributed by atoms with Gasteiger partial charge in [-0.1, -0.05) is 6.07 Å². The standard InChI is InChI=1S/C24H23F2N7O/c1-14-8-18(26)17(9-21(14)32-11-20(27-12-32)16-6-7-16)24(34)30-22-5-3-4-19(29-22)23-31-28-13-33(23)15(2)10-25/h3-5,8-9,11-13,15-16H,6-7,10H2,1-2H3,(H,29,30,34)/t15-/m0/s1. The Balaban J connectivity index is 1.41. The van der Waals surface area contributed by atoms with Gasteiger partial charge in [0.25, 0.3) is 5.91 Å². The zero-order valence-electron chi connectivity index (χ0n) is 18.7. The molecular weight excluding hydrogens is 440 g/mol. The first kappa shape index (κ1) is 21.9. The number of hydrogen-bond acceptors (Lipinski definition) is 5. The van der Waals surface area contributed by atoms with E-state index < -0.39 is 24.4 Å². The first-order chi connectivity index (χ1) is 16.4. The van der Waals surface area contributed by atoms with Gasteiger partial charge >= 0.3 is 0 Å². The van der Waals surface area contributed by atoms with Crippen molar-refractivity contribution in [3.8, 4) is 17.2 Å². The highest BCUT2D eigenvalue weighted by atomic mass is 19.1. The number of nitrogens with zero attached hydrogens (tertiary/aromatic N) is 6. The molecular formula is C24H23F2N7O. The van der Waals surface area contributed by atoms with Crippen LogP contribution in [0.5, 0.6) is 0 Å². The molecule has 1 aliphatic carbocycles. The van der Waals surface area contributed by atoms with Gasteiger partial charge in [-0.2, -0.15) is 0 Å². The Labute approximate surface area is 194 Å². The van der Waals surface area contributed by atoms with Crippen molar-refractivity contribution in [1.29, 1.82) is 0 Å². The fourth-order valence-electron chi connectivity index (χ4n) is 3.81. The molecule has 0 aliphatic heterocycles. The molecule has 34 heavy (non-hydrogen) atoms. The molecule has 8 nitrogen and oxygen atoms in total. The van der Waals surface area contributed by atoms with Gasteiger partial charge in [-0.25, -0.2) is 18.7 Å². The third kappa shape index (κ3) is 4.18. The number of carbonyl (C=O) groups excluding carboxylic acids is 1. The zero-order chi connectivity index (χ0) is 23.8. The van der Waals surface area contributed by atoms with Crippen LogP contribution in [0.25, 0.3) is 17.2 Å². The minimum absolute atomic E-state index is 0.108. The molecule has 0 bridgehead atoms. The number of amides is 1. The average Bonchev–Trinajstić information content (AvgIpc) is 3.35. The first-order valence-electron chi connectivity index (χ1n) is 11.0. The third-order valence-electron chi connectivity index (χ3n) is 5.90. The maximum absolute atomic E-state index is 14.8. The van der Waals surface area contributed by atoms with Crippen molar-refractivity contribution in [2.45, 2.75) is 38.6 Å². The molecule has 0 unspecified atom stereocenters. The molecule has 0 radical (unpaired) electrons. The summed E-state index contributed by atoms with van der Waals surface area (Å²) in [7, 11) is 0. The molecule has 0 spiro atoms. The molecule has 1 fully saturated rings. The Bertz CT molecular complexity index is 1360. The van der Waals surface area contributed by atoms with Crippen LogP contribution < -0.4 is 5.32 Å². The summed E-state index contributed by atoms with van der Waals surface area (Å²) in [5.41, 5.74) is 2.68. The molecule has 4 aromatic rings. The van der Waals surface area contributed by atoms with Gasteiger partial charge in [-0.05, 0) is 56.5 Å². The summed E-state index contributed by atoms with van der Waals surface area (Å²) in [4.78, 5) is 21.8. The molecule has 3 heterocycles. The van der Waals surface area contributed by atoms with E-state index in [2.05, 4.69) is 25.5 Å². The number of benzene rings is 1. The number of rotatable bonds is 7. The lowest BCUT2D eigenvalue weighted by molar-refractivity contribution is 0.102. The highest BCUT2D eigenvalue weighted by molar-refractivity contribution is 6.04. The van der Waals surface area contributed by atoms with Gasteiger partial charge in [0.1, 0.15) is 30.3 Å². The van der Waals surface area contributed by atoms with Crippen molar-refractivity contribution in [2.75, 3.05) is 12.0 Å².